The van der Waals surface area contributed by atoms with Gasteiger partial charge in [-0.05, 0) is 36.0 Å². The number of furan rings is 1. The predicted octanol–water partition coefficient (Wildman–Crippen LogP) is 3.67. The highest BCUT2D eigenvalue weighted by Gasteiger charge is 2.17. The van der Waals surface area contributed by atoms with E-state index in [1.165, 1.54) is 29.5 Å². The number of nitrogens with zero attached hydrogens (tertiary/aromatic N) is 4. The van der Waals surface area contributed by atoms with Crippen molar-refractivity contribution in [1.82, 2.24) is 10.2 Å². The third kappa shape index (κ3) is 3.70. The number of aromatic nitrogens is 2. The van der Waals surface area contributed by atoms with E-state index >= 15 is 0 Å². The maximum absolute atomic E-state index is 11.1. The van der Waals surface area contributed by atoms with E-state index in [0.717, 1.165) is 17.5 Å². The molecule has 0 aliphatic carbocycles. The van der Waals surface area contributed by atoms with Gasteiger partial charge in [0.25, 0.3) is 5.69 Å². The number of anilines is 1. The summed E-state index contributed by atoms with van der Waals surface area (Å²) in [6.07, 6.45) is 1.58. The molecule has 0 radical (unpaired) electrons. The number of hydrogen-bond donors (Lipinski definition) is 1. The van der Waals surface area contributed by atoms with Gasteiger partial charge in [-0.2, -0.15) is 5.26 Å². The number of hydrogen-bond acceptors (Lipinski definition) is 9. The normalized spacial score (nSPS) is 10.3. The molecule has 3 rings (SSSR count). The minimum absolute atomic E-state index is 0.0701. The lowest BCUT2D eigenvalue weighted by Crippen LogP contribution is -1.96. The number of nitro benzene ring substituents is 1. The third-order valence-electron chi connectivity index (χ3n) is 2.88. The number of benzene rings is 1. The van der Waals surface area contributed by atoms with Crippen molar-refractivity contribution in [3.8, 4) is 6.07 Å². The van der Waals surface area contributed by atoms with Crippen LogP contribution in [0, 0.1) is 21.4 Å². The van der Waals surface area contributed by atoms with Gasteiger partial charge in [-0.3, -0.25) is 10.1 Å². The second-order valence-corrected chi connectivity index (χ2v) is 6.73. The Hall–Kier alpha value is -2.90. The molecular weight excluding hydrogens is 350 g/mol. The molecule has 10 heteroatoms. The van der Waals surface area contributed by atoms with Crippen LogP contribution < -0.4 is 5.32 Å². The fourth-order valence-electron chi connectivity index (χ4n) is 1.81. The Kier molecular flexibility index (Phi) is 4.74. The fraction of sp³-hybridized carbons (Fsp3) is 0.0714. The minimum Gasteiger partial charge on any atom is -0.467 e. The van der Waals surface area contributed by atoms with Crippen LogP contribution in [0.5, 0.6) is 0 Å². The molecule has 3 aromatic rings. The van der Waals surface area contributed by atoms with Crippen molar-refractivity contribution in [2.75, 3.05) is 5.32 Å². The first-order chi connectivity index (χ1) is 11.7. The zero-order valence-electron chi connectivity index (χ0n) is 12.0. The van der Waals surface area contributed by atoms with Gasteiger partial charge in [0.05, 0.1) is 34.3 Å². The van der Waals surface area contributed by atoms with Crippen molar-refractivity contribution in [2.24, 2.45) is 0 Å². The van der Waals surface area contributed by atoms with Gasteiger partial charge in [-0.25, -0.2) is 0 Å². The first-order valence-electron chi connectivity index (χ1n) is 6.62. The third-order valence-corrected chi connectivity index (χ3v) is 4.86. The van der Waals surface area contributed by atoms with Gasteiger partial charge < -0.3 is 9.73 Å². The number of rotatable bonds is 6. The molecule has 0 aliphatic rings. The first kappa shape index (κ1) is 16.0. The summed E-state index contributed by atoms with van der Waals surface area (Å²) in [6.45, 7) is 0.469. The molecule has 0 saturated carbocycles. The van der Waals surface area contributed by atoms with Crippen molar-refractivity contribution in [1.29, 1.82) is 5.26 Å². The zero-order chi connectivity index (χ0) is 16.9. The predicted molar refractivity (Wildman–Crippen MR) is 87.9 cm³/mol. The smallest absolute Gasteiger partial charge is 0.283 e. The summed E-state index contributed by atoms with van der Waals surface area (Å²) < 4.78 is 5.75. The summed E-state index contributed by atoms with van der Waals surface area (Å²) in [5.74, 6) is 0.761. The molecule has 24 heavy (non-hydrogen) atoms. The summed E-state index contributed by atoms with van der Waals surface area (Å²) in [7, 11) is 0. The summed E-state index contributed by atoms with van der Waals surface area (Å²) in [5, 5.41) is 31.7. The van der Waals surface area contributed by atoms with Gasteiger partial charge >= 0.3 is 0 Å². The summed E-state index contributed by atoms with van der Waals surface area (Å²) in [5.41, 5.74) is 0.281. The van der Waals surface area contributed by atoms with Gasteiger partial charge in [0.2, 0.25) is 5.13 Å². The molecule has 0 saturated heterocycles. The van der Waals surface area contributed by atoms with E-state index < -0.39 is 4.92 Å². The standard InChI is InChI=1S/C14H9N5O3S2/c15-7-9-3-4-11(19(20)21)12(6-9)23-14-18-17-13(24-14)16-8-10-2-1-5-22-10/h1-6H,8H2,(H,16,17). The van der Waals surface area contributed by atoms with Crippen LogP contribution >= 0.6 is 23.1 Å². The lowest BCUT2D eigenvalue weighted by molar-refractivity contribution is -0.387. The molecular formula is C14H9N5O3S2. The zero-order valence-corrected chi connectivity index (χ0v) is 13.6. The molecule has 2 heterocycles. The molecule has 1 N–H and O–H groups in total. The van der Waals surface area contributed by atoms with Crippen molar-refractivity contribution in [3.05, 3.63) is 58.0 Å². The lowest BCUT2D eigenvalue weighted by atomic mass is 10.2. The fourth-order valence-corrected chi connectivity index (χ4v) is 3.66. The molecule has 0 amide bonds. The van der Waals surface area contributed by atoms with Gasteiger partial charge in [0, 0.05) is 6.07 Å². The SMILES string of the molecule is N#Cc1ccc([N+](=O)[O-])c(Sc2nnc(NCc3ccco3)s2)c1. The van der Waals surface area contributed by atoms with E-state index in [-0.39, 0.29) is 5.69 Å². The van der Waals surface area contributed by atoms with Crippen LogP contribution in [0.25, 0.3) is 0 Å². The lowest BCUT2D eigenvalue weighted by Gasteiger charge is -2.00. The number of nitro groups is 1. The minimum atomic E-state index is -0.486. The Bertz CT molecular complexity index is 902. The largest absolute Gasteiger partial charge is 0.467 e. The van der Waals surface area contributed by atoms with E-state index in [2.05, 4.69) is 15.5 Å². The second kappa shape index (κ2) is 7.12. The van der Waals surface area contributed by atoms with E-state index in [0.29, 0.717) is 26.5 Å². The average Bonchev–Trinajstić information content (AvgIpc) is 3.24. The van der Waals surface area contributed by atoms with Crippen LogP contribution in [0.2, 0.25) is 0 Å². The van der Waals surface area contributed by atoms with Gasteiger partial charge in [-0.1, -0.05) is 11.3 Å². The van der Waals surface area contributed by atoms with E-state index in [9.17, 15) is 10.1 Å². The highest BCUT2D eigenvalue weighted by molar-refractivity contribution is 8.01. The van der Waals surface area contributed by atoms with E-state index in [4.69, 9.17) is 9.68 Å². The second-order valence-electron chi connectivity index (χ2n) is 4.46. The van der Waals surface area contributed by atoms with Crippen LogP contribution in [0.3, 0.4) is 0 Å². The van der Waals surface area contributed by atoms with Crippen molar-refractivity contribution in [3.63, 3.8) is 0 Å². The van der Waals surface area contributed by atoms with Crippen molar-refractivity contribution in [2.45, 2.75) is 15.8 Å². The number of nitriles is 1. The van der Waals surface area contributed by atoms with Crippen LogP contribution in [0.4, 0.5) is 10.8 Å². The van der Waals surface area contributed by atoms with E-state index in [1.807, 2.05) is 12.1 Å². The molecule has 120 valence electrons. The topological polar surface area (TPSA) is 118 Å². The molecule has 0 unspecified atom stereocenters. The average molecular weight is 359 g/mol. The van der Waals surface area contributed by atoms with E-state index in [1.54, 1.807) is 12.3 Å². The van der Waals surface area contributed by atoms with Crippen LogP contribution in [-0.4, -0.2) is 15.1 Å². The maximum atomic E-state index is 11.1. The highest BCUT2D eigenvalue weighted by Crippen LogP contribution is 2.37. The van der Waals surface area contributed by atoms with Gasteiger partial charge in [0.15, 0.2) is 4.34 Å². The molecule has 0 spiro atoms. The summed E-state index contributed by atoms with van der Waals surface area (Å²) >= 11 is 2.37. The first-order valence-corrected chi connectivity index (χ1v) is 8.25. The summed E-state index contributed by atoms with van der Waals surface area (Å²) in [6, 6.07) is 9.80. The summed E-state index contributed by atoms with van der Waals surface area (Å²) in [4.78, 5) is 11.0. The molecule has 0 atom stereocenters. The molecule has 1 aromatic carbocycles. The molecule has 8 nitrogen and oxygen atoms in total. The Labute approximate surface area is 144 Å². The monoisotopic (exact) mass is 359 g/mol. The Balaban J connectivity index is 1.74. The van der Waals surface area contributed by atoms with Gasteiger partial charge in [0.1, 0.15) is 5.76 Å². The Morgan fingerprint density at radius 2 is 2.29 bits per heavy atom. The van der Waals surface area contributed by atoms with Crippen LogP contribution in [0.1, 0.15) is 11.3 Å². The Morgan fingerprint density at radius 1 is 1.42 bits per heavy atom. The molecule has 2 aromatic heterocycles. The van der Waals surface area contributed by atoms with Crippen LogP contribution in [-0.2, 0) is 6.54 Å². The Morgan fingerprint density at radius 3 is 3.00 bits per heavy atom. The molecule has 0 fully saturated rings. The van der Waals surface area contributed by atoms with Crippen LogP contribution in [0.15, 0.2) is 50.2 Å². The maximum Gasteiger partial charge on any atom is 0.283 e. The number of nitrogens with one attached hydrogen (secondary N) is 1. The quantitative estimate of drug-likeness (QED) is 0.523. The highest BCUT2D eigenvalue weighted by atomic mass is 32.2. The van der Waals surface area contributed by atoms with Crippen molar-refractivity contribution < 1.29 is 9.34 Å². The molecule has 0 aliphatic heterocycles. The van der Waals surface area contributed by atoms with Gasteiger partial charge in [-0.15, -0.1) is 10.2 Å². The molecule has 0 bridgehead atoms. The van der Waals surface area contributed by atoms with Crippen molar-refractivity contribution >= 4 is 33.9 Å².